The van der Waals surface area contributed by atoms with Gasteiger partial charge in [0.25, 0.3) is 17.8 Å². The number of anilines is 1. The van der Waals surface area contributed by atoms with Crippen LogP contribution in [0.1, 0.15) is 20.8 Å². The van der Waals surface area contributed by atoms with Gasteiger partial charge >= 0.3 is 0 Å². The van der Waals surface area contributed by atoms with Gasteiger partial charge in [0.2, 0.25) is 0 Å². The van der Waals surface area contributed by atoms with Gasteiger partial charge in [-0.05, 0) is 42.5 Å². The van der Waals surface area contributed by atoms with Crippen molar-refractivity contribution in [2.75, 3.05) is 51.3 Å². The van der Waals surface area contributed by atoms with E-state index >= 15 is 0 Å². The Morgan fingerprint density at radius 3 is 2.59 bits per heavy atom. The van der Waals surface area contributed by atoms with Crippen LogP contribution in [0.5, 0.6) is 17.2 Å². The van der Waals surface area contributed by atoms with E-state index in [4.69, 9.17) is 9.47 Å². The first-order valence-corrected chi connectivity index (χ1v) is 12.4. The zero-order valence-corrected chi connectivity index (χ0v) is 21.3. The molecule has 0 saturated carbocycles. The smallest absolute Gasteiger partial charge is 0.270 e. The number of pyridine rings is 1. The highest BCUT2D eigenvalue weighted by Gasteiger charge is 2.18. The molecule has 1 aliphatic heterocycles. The van der Waals surface area contributed by atoms with Gasteiger partial charge < -0.3 is 19.9 Å². The molecule has 5 rings (SSSR count). The molecule has 0 unspecified atom stereocenters. The third-order valence-corrected chi connectivity index (χ3v) is 6.15. The molecule has 2 N–H and O–H groups in total. The van der Waals surface area contributed by atoms with Crippen LogP contribution in [0.15, 0.2) is 60.8 Å². The van der Waals surface area contributed by atoms with Crippen LogP contribution in [0.4, 0.5) is 5.95 Å². The number of carbonyl (C=O) groups excluding carboxylic acids is 2. The molecule has 1 fully saturated rings. The molecule has 4 aromatic rings. The van der Waals surface area contributed by atoms with Gasteiger partial charge in [-0.15, -0.1) is 10.2 Å². The van der Waals surface area contributed by atoms with E-state index in [1.54, 1.807) is 37.4 Å². The Balaban J connectivity index is 1.25. The van der Waals surface area contributed by atoms with Crippen molar-refractivity contribution < 1.29 is 24.2 Å². The number of aromatic hydroxyl groups is 1. The van der Waals surface area contributed by atoms with Crippen molar-refractivity contribution in [1.29, 1.82) is 0 Å². The van der Waals surface area contributed by atoms with Crippen molar-refractivity contribution in [3.63, 3.8) is 0 Å². The minimum absolute atomic E-state index is 0.0658. The summed E-state index contributed by atoms with van der Waals surface area (Å²) in [6.45, 7) is 4.39. The van der Waals surface area contributed by atoms with Crippen molar-refractivity contribution >= 4 is 28.8 Å². The topological polar surface area (TPSA) is 143 Å². The number of aromatic nitrogens is 4. The summed E-state index contributed by atoms with van der Waals surface area (Å²) in [6, 6.07) is 14.2. The second kappa shape index (κ2) is 11.8. The number of ether oxygens (including phenoxy) is 2. The van der Waals surface area contributed by atoms with Crippen LogP contribution in [-0.2, 0) is 4.74 Å². The molecule has 0 bridgehead atoms. The fourth-order valence-corrected chi connectivity index (χ4v) is 3.98. The number of hydrogen-bond donors (Lipinski definition) is 2. The number of hydrogen-bond acceptors (Lipinski definition) is 10. The van der Waals surface area contributed by atoms with E-state index in [1.165, 1.54) is 35.4 Å². The predicted molar refractivity (Wildman–Crippen MR) is 142 cm³/mol. The van der Waals surface area contributed by atoms with E-state index in [2.05, 4.69) is 30.4 Å². The lowest BCUT2D eigenvalue weighted by Crippen LogP contribution is -2.41. The average Bonchev–Trinajstić information content (AvgIpc) is 2.97. The normalized spacial score (nSPS) is 13.7. The standard InChI is InChI=1S/C27H27N7O5/c1-33(26(37)18-2-4-19(35)5-3-18)27-30-23-16-20(6-7-22(23)31-32-27)39-21-8-9-28-24(17-21)25(36)29-10-11-34-12-14-38-15-13-34/h2-9,16-17,35H,10-15H2,1H3,(H,29,36). The molecule has 1 saturated heterocycles. The molecule has 0 atom stereocenters. The van der Waals surface area contributed by atoms with Crippen LogP contribution in [-0.4, -0.2) is 88.4 Å². The molecule has 3 heterocycles. The summed E-state index contributed by atoms with van der Waals surface area (Å²) in [7, 11) is 1.54. The minimum atomic E-state index is -0.351. The van der Waals surface area contributed by atoms with E-state index in [-0.39, 0.29) is 29.2 Å². The first kappa shape index (κ1) is 25.9. The van der Waals surface area contributed by atoms with E-state index < -0.39 is 0 Å². The fraction of sp³-hybridized carbons (Fsp3) is 0.259. The average molecular weight is 530 g/mol. The molecule has 200 valence electrons. The number of amides is 2. The monoisotopic (exact) mass is 529 g/mol. The van der Waals surface area contributed by atoms with Crippen molar-refractivity contribution in [3.05, 3.63) is 72.1 Å². The molecule has 2 amide bonds. The van der Waals surface area contributed by atoms with Gasteiger partial charge in [-0.25, -0.2) is 4.98 Å². The number of phenolic OH excluding ortho intramolecular Hbond substituents is 1. The predicted octanol–water partition coefficient (Wildman–Crippen LogP) is 2.26. The second-order valence-corrected chi connectivity index (χ2v) is 8.86. The Bertz CT molecular complexity index is 1480. The van der Waals surface area contributed by atoms with Gasteiger partial charge in [-0.2, -0.15) is 0 Å². The number of benzene rings is 2. The number of carbonyl (C=O) groups is 2. The summed E-state index contributed by atoms with van der Waals surface area (Å²) in [5.41, 5.74) is 1.61. The number of rotatable bonds is 8. The van der Waals surface area contributed by atoms with Crippen molar-refractivity contribution in [2.24, 2.45) is 0 Å². The summed E-state index contributed by atoms with van der Waals surface area (Å²) in [6.07, 6.45) is 1.51. The molecule has 1 aliphatic rings. The summed E-state index contributed by atoms with van der Waals surface area (Å²) < 4.78 is 11.3. The van der Waals surface area contributed by atoms with Crippen LogP contribution >= 0.6 is 0 Å². The van der Waals surface area contributed by atoms with Gasteiger partial charge in [-0.3, -0.25) is 24.4 Å². The third-order valence-electron chi connectivity index (χ3n) is 6.15. The Morgan fingerprint density at radius 1 is 1.03 bits per heavy atom. The highest BCUT2D eigenvalue weighted by atomic mass is 16.5. The zero-order valence-electron chi connectivity index (χ0n) is 21.3. The van der Waals surface area contributed by atoms with Gasteiger partial charge in [0, 0.05) is 57.1 Å². The SMILES string of the molecule is CN(C(=O)c1ccc(O)cc1)c1nnc2ccc(Oc3ccnc(C(=O)NCCN4CCOCC4)c3)cc2n1. The number of morpholine rings is 1. The summed E-state index contributed by atoms with van der Waals surface area (Å²) in [4.78, 5) is 37.6. The molecule has 12 nitrogen and oxygen atoms in total. The summed E-state index contributed by atoms with van der Waals surface area (Å²) in [5.74, 6) is 0.441. The van der Waals surface area contributed by atoms with Gasteiger partial charge in [-0.1, -0.05) is 0 Å². The van der Waals surface area contributed by atoms with Crippen molar-refractivity contribution in [2.45, 2.75) is 0 Å². The fourth-order valence-electron chi connectivity index (χ4n) is 3.98. The zero-order chi connectivity index (χ0) is 27.2. The number of nitrogens with zero attached hydrogens (tertiary/aromatic N) is 6. The maximum absolute atomic E-state index is 12.8. The van der Waals surface area contributed by atoms with E-state index in [0.717, 1.165) is 19.6 Å². The maximum Gasteiger partial charge on any atom is 0.270 e. The molecule has 12 heteroatoms. The van der Waals surface area contributed by atoms with E-state index in [1.807, 2.05) is 0 Å². The van der Waals surface area contributed by atoms with Crippen molar-refractivity contribution in [1.82, 2.24) is 30.4 Å². The largest absolute Gasteiger partial charge is 0.508 e. The quantitative estimate of drug-likeness (QED) is 0.349. The van der Waals surface area contributed by atoms with Crippen LogP contribution in [0, 0.1) is 0 Å². The first-order valence-electron chi connectivity index (χ1n) is 12.4. The van der Waals surface area contributed by atoms with Crippen LogP contribution < -0.4 is 15.0 Å². The summed E-state index contributed by atoms with van der Waals surface area (Å²) in [5, 5.41) is 20.6. The number of phenols is 1. The van der Waals surface area contributed by atoms with Gasteiger partial charge in [0.15, 0.2) is 0 Å². The highest BCUT2D eigenvalue weighted by Crippen LogP contribution is 2.25. The minimum Gasteiger partial charge on any atom is -0.508 e. The molecular formula is C27H27N7O5. The molecule has 0 radical (unpaired) electrons. The first-order chi connectivity index (χ1) is 19.0. The van der Waals surface area contributed by atoms with Crippen molar-refractivity contribution in [3.8, 4) is 17.2 Å². The van der Waals surface area contributed by atoms with Gasteiger partial charge in [0.1, 0.15) is 28.5 Å². The van der Waals surface area contributed by atoms with Crippen LogP contribution in [0.2, 0.25) is 0 Å². The molecular weight excluding hydrogens is 502 g/mol. The molecule has 0 aliphatic carbocycles. The van der Waals surface area contributed by atoms with E-state index in [9.17, 15) is 14.7 Å². The van der Waals surface area contributed by atoms with Gasteiger partial charge in [0.05, 0.1) is 18.7 Å². The lowest BCUT2D eigenvalue weighted by Gasteiger charge is -2.26. The van der Waals surface area contributed by atoms with Crippen LogP contribution in [0.25, 0.3) is 11.0 Å². The molecule has 2 aromatic carbocycles. The van der Waals surface area contributed by atoms with E-state index in [0.29, 0.717) is 47.9 Å². The molecule has 2 aromatic heterocycles. The van der Waals surface area contributed by atoms with Crippen LogP contribution in [0.3, 0.4) is 0 Å². The molecule has 0 spiro atoms. The molecule has 39 heavy (non-hydrogen) atoms. The lowest BCUT2D eigenvalue weighted by atomic mass is 10.2. The number of fused-ring (bicyclic) bond motifs is 1. The Kier molecular flexibility index (Phi) is 7.85. The highest BCUT2D eigenvalue weighted by molar-refractivity contribution is 6.05. The Hall–Kier alpha value is -4.68. The third kappa shape index (κ3) is 6.43. The maximum atomic E-state index is 12.8. The summed E-state index contributed by atoms with van der Waals surface area (Å²) >= 11 is 0. The Morgan fingerprint density at radius 2 is 1.79 bits per heavy atom. The lowest BCUT2D eigenvalue weighted by molar-refractivity contribution is 0.0383. The number of nitrogens with one attached hydrogen (secondary N) is 1. The second-order valence-electron chi connectivity index (χ2n) is 8.86. The Labute approximate surface area is 224 Å².